The molecule has 1 unspecified atom stereocenters. The van der Waals surface area contributed by atoms with Gasteiger partial charge in [0, 0.05) is 19.9 Å². The monoisotopic (exact) mass is 262 g/mol. The molecule has 6 heteroatoms. The summed E-state index contributed by atoms with van der Waals surface area (Å²) in [5, 5.41) is 3.94. The largest absolute Gasteiger partial charge is 0.385 e. The first-order valence-corrected chi connectivity index (χ1v) is 6.22. The molecule has 1 atom stereocenters. The van der Waals surface area contributed by atoms with Crippen LogP contribution in [0.25, 0.3) is 11.5 Å². The van der Waals surface area contributed by atoms with E-state index in [1.165, 1.54) is 0 Å². The number of nitrogens with zero attached hydrogens (tertiary/aromatic N) is 3. The molecule has 102 valence electrons. The number of pyridine rings is 1. The van der Waals surface area contributed by atoms with Crippen LogP contribution in [0.4, 0.5) is 0 Å². The van der Waals surface area contributed by atoms with E-state index in [1.54, 1.807) is 13.3 Å². The van der Waals surface area contributed by atoms with E-state index in [9.17, 15) is 0 Å². The standard InChI is InChI=1S/C13H18N4O2/c1-9-5-3-7-15-11(9)12-16-13(19-17-12)10(14)6-4-8-18-2/h3,5,7,10H,4,6,8,14H2,1-2H3. The SMILES string of the molecule is COCCCC(N)c1nc(-c2ncccc2C)no1. The predicted octanol–water partition coefficient (Wildman–Crippen LogP) is 1.87. The van der Waals surface area contributed by atoms with E-state index in [0.29, 0.717) is 18.3 Å². The van der Waals surface area contributed by atoms with Gasteiger partial charge in [0.1, 0.15) is 5.69 Å². The Morgan fingerprint density at radius 3 is 3.05 bits per heavy atom. The molecule has 19 heavy (non-hydrogen) atoms. The third-order valence-corrected chi connectivity index (χ3v) is 2.84. The third kappa shape index (κ3) is 3.36. The highest BCUT2D eigenvalue weighted by molar-refractivity contribution is 5.53. The summed E-state index contributed by atoms with van der Waals surface area (Å²) in [7, 11) is 1.67. The second-order valence-electron chi connectivity index (χ2n) is 4.37. The van der Waals surface area contributed by atoms with Gasteiger partial charge in [0.15, 0.2) is 0 Å². The van der Waals surface area contributed by atoms with Crippen molar-refractivity contribution in [2.24, 2.45) is 5.73 Å². The van der Waals surface area contributed by atoms with E-state index in [1.807, 2.05) is 19.1 Å². The van der Waals surface area contributed by atoms with Crippen LogP contribution in [0.5, 0.6) is 0 Å². The number of ether oxygens (including phenoxy) is 1. The predicted molar refractivity (Wildman–Crippen MR) is 70.3 cm³/mol. The summed E-state index contributed by atoms with van der Waals surface area (Å²) in [4.78, 5) is 8.56. The molecule has 0 radical (unpaired) electrons. The van der Waals surface area contributed by atoms with Gasteiger partial charge in [-0.05, 0) is 31.4 Å². The van der Waals surface area contributed by atoms with E-state index in [0.717, 1.165) is 24.1 Å². The molecule has 0 saturated carbocycles. The first-order valence-electron chi connectivity index (χ1n) is 6.22. The summed E-state index contributed by atoms with van der Waals surface area (Å²) in [5.74, 6) is 0.923. The van der Waals surface area contributed by atoms with E-state index < -0.39 is 0 Å². The maximum Gasteiger partial charge on any atom is 0.243 e. The maximum absolute atomic E-state index is 5.99. The molecule has 0 aliphatic heterocycles. The van der Waals surface area contributed by atoms with Crippen molar-refractivity contribution in [2.45, 2.75) is 25.8 Å². The highest BCUT2D eigenvalue weighted by Gasteiger charge is 2.16. The van der Waals surface area contributed by atoms with Crippen LogP contribution in [0, 0.1) is 6.92 Å². The van der Waals surface area contributed by atoms with Crippen molar-refractivity contribution in [3.8, 4) is 11.5 Å². The van der Waals surface area contributed by atoms with Crippen molar-refractivity contribution in [2.75, 3.05) is 13.7 Å². The van der Waals surface area contributed by atoms with Gasteiger partial charge >= 0.3 is 0 Å². The molecule has 0 fully saturated rings. The molecule has 0 spiro atoms. The van der Waals surface area contributed by atoms with Gasteiger partial charge in [0.2, 0.25) is 11.7 Å². The molecule has 0 aromatic carbocycles. The van der Waals surface area contributed by atoms with Crippen LogP contribution in [-0.4, -0.2) is 28.8 Å². The Hall–Kier alpha value is -1.79. The van der Waals surface area contributed by atoms with Gasteiger partial charge < -0.3 is 15.0 Å². The molecule has 0 bridgehead atoms. The zero-order valence-corrected chi connectivity index (χ0v) is 11.2. The summed E-state index contributed by atoms with van der Waals surface area (Å²) in [5.41, 5.74) is 7.72. The van der Waals surface area contributed by atoms with Gasteiger partial charge in [-0.25, -0.2) is 0 Å². The summed E-state index contributed by atoms with van der Waals surface area (Å²) in [6, 6.07) is 3.56. The molecule has 0 aliphatic carbocycles. The molecule has 2 rings (SSSR count). The van der Waals surface area contributed by atoms with Gasteiger partial charge in [-0.2, -0.15) is 4.98 Å². The zero-order valence-electron chi connectivity index (χ0n) is 11.2. The van der Waals surface area contributed by atoms with Crippen molar-refractivity contribution < 1.29 is 9.26 Å². The summed E-state index contributed by atoms with van der Waals surface area (Å²) in [6.07, 6.45) is 3.31. The van der Waals surface area contributed by atoms with Gasteiger partial charge in [0.05, 0.1) is 6.04 Å². The van der Waals surface area contributed by atoms with Gasteiger partial charge in [-0.15, -0.1) is 0 Å². The normalized spacial score (nSPS) is 12.6. The maximum atomic E-state index is 5.99. The molecule has 6 nitrogen and oxygen atoms in total. The van der Waals surface area contributed by atoms with Crippen molar-refractivity contribution in [3.05, 3.63) is 29.8 Å². The van der Waals surface area contributed by atoms with Crippen molar-refractivity contribution in [3.63, 3.8) is 0 Å². The Kier molecular flexibility index (Phi) is 4.59. The lowest BCUT2D eigenvalue weighted by Crippen LogP contribution is -2.11. The molecule has 0 amide bonds. The van der Waals surface area contributed by atoms with Gasteiger partial charge in [0.25, 0.3) is 0 Å². The molecule has 2 aromatic heterocycles. The van der Waals surface area contributed by atoms with E-state index in [2.05, 4.69) is 15.1 Å². The van der Waals surface area contributed by atoms with Crippen molar-refractivity contribution in [1.29, 1.82) is 0 Å². The van der Waals surface area contributed by atoms with Gasteiger partial charge in [-0.3, -0.25) is 4.98 Å². The number of methoxy groups -OCH3 is 1. The first-order chi connectivity index (χ1) is 9.22. The lowest BCUT2D eigenvalue weighted by molar-refractivity contribution is 0.188. The first kappa shape index (κ1) is 13.6. The minimum Gasteiger partial charge on any atom is -0.385 e. The Morgan fingerprint density at radius 1 is 1.47 bits per heavy atom. The average Bonchev–Trinajstić information content (AvgIpc) is 2.89. The van der Waals surface area contributed by atoms with E-state index in [4.69, 9.17) is 15.0 Å². The topological polar surface area (TPSA) is 87.1 Å². The minimum atomic E-state index is -0.264. The van der Waals surface area contributed by atoms with Gasteiger partial charge in [-0.1, -0.05) is 11.2 Å². The summed E-state index contributed by atoms with van der Waals surface area (Å²) in [6.45, 7) is 2.63. The third-order valence-electron chi connectivity index (χ3n) is 2.84. The minimum absolute atomic E-state index is 0.264. The molecule has 0 saturated heterocycles. The Balaban J connectivity index is 2.09. The van der Waals surface area contributed by atoms with Crippen LogP contribution >= 0.6 is 0 Å². The molecular weight excluding hydrogens is 244 g/mol. The number of aryl methyl sites for hydroxylation is 1. The number of nitrogens with two attached hydrogens (primary N) is 1. The fourth-order valence-corrected chi connectivity index (χ4v) is 1.77. The fourth-order valence-electron chi connectivity index (χ4n) is 1.77. The smallest absolute Gasteiger partial charge is 0.243 e. The summed E-state index contributed by atoms with van der Waals surface area (Å²) >= 11 is 0. The zero-order chi connectivity index (χ0) is 13.7. The van der Waals surface area contributed by atoms with Crippen LogP contribution in [0.3, 0.4) is 0 Å². The molecule has 2 N–H and O–H groups in total. The van der Waals surface area contributed by atoms with Crippen LogP contribution < -0.4 is 5.73 Å². The summed E-state index contributed by atoms with van der Waals surface area (Å²) < 4.78 is 10.2. The fraction of sp³-hybridized carbons (Fsp3) is 0.462. The second kappa shape index (κ2) is 6.40. The van der Waals surface area contributed by atoms with Crippen LogP contribution in [-0.2, 0) is 4.74 Å². The Bertz CT molecular complexity index is 527. The van der Waals surface area contributed by atoms with Crippen LogP contribution in [0.2, 0.25) is 0 Å². The quantitative estimate of drug-likeness (QED) is 0.799. The van der Waals surface area contributed by atoms with Crippen molar-refractivity contribution >= 4 is 0 Å². The number of aromatic nitrogens is 3. The average molecular weight is 262 g/mol. The highest BCUT2D eigenvalue weighted by atomic mass is 16.5. The molecule has 2 heterocycles. The van der Waals surface area contributed by atoms with Crippen molar-refractivity contribution in [1.82, 2.24) is 15.1 Å². The van der Waals surface area contributed by atoms with Crippen LogP contribution in [0.1, 0.15) is 30.3 Å². The Labute approximate surface area is 112 Å². The highest BCUT2D eigenvalue weighted by Crippen LogP contribution is 2.20. The molecule has 0 aliphatic rings. The molecule has 2 aromatic rings. The van der Waals surface area contributed by atoms with E-state index in [-0.39, 0.29) is 6.04 Å². The lowest BCUT2D eigenvalue weighted by Gasteiger charge is -2.05. The van der Waals surface area contributed by atoms with E-state index >= 15 is 0 Å². The molecular formula is C13H18N4O2. The number of hydrogen-bond donors (Lipinski definition) is 1. The van der Waals surface area contributed by atoms with Crippen LogP contribution in [0.15, 0.2) is 22.9 Å². The Morgan fingerprint density at radius 2 is 2.32 bits per heavy atom. The lowest BCUT2D eigenvalue weighted by atomic mass is 10.2. The number of rotatable bonds is 6. The number of hydrogen-bond acceptors (Lipinski definition) is 6. The second-order valence-corrected chi connectivity index (χ2v) is 4.37.